The van der Waals surface area contributed by atoms with Crippen molar-refractivity contribution < 1.29 is 19.6 Å². The van der Waals surface area contributed by atoms with Crippen molar-refractivity contribution in [3.05, 3.63) is 71.1 Å². The van der Waals surface area contributed by atoms with Crippen LogP contribution in [0.3, 0.4) is 0 Å². The first-order valence-corrected chi connectivity index (χ1v) is 9.09. The maximum absolute atomic E-state index is 12.8. The van der Waals surface area contributed by atoms with Crippen LogP contribution in [0.2, 0.25) is 0 Å². The second kappa shape index (κ2) is 11.5. The number of para-hydroxylation sites is 1. The fourth-order valence-electron chi connectivity index (χ4n) is 2.62. The number of carbonyl (C=O) groups excluding carboxylic acids is 2. The zero-order valence-corrected chi connectivity index (χ0v) is 15.5. The number of nitrogens with one attached hydrogen (secondary N) is 2. The number of hydrogen-bond acceptors (Lipinski definition) is 5. The fraction of sp³-hybridized carbons (Fsp3) is 0.300. The largest absolute Gasteiger partial charge is 0.445 e. The molecule has 8 nitrogen and oxygen atoms in total. The first kappa shape index (κ1) is 21.0. The molecule has 2 aromatic carbocycles. The third-order valence-corrected chi connectivity index (χ3v) is 4.08. The number of ether oxygens (including phenoxy) is 1. The lowest BCUT2D eigenvalue weighted by atomic mass is 10.1. The Balaban J connectivity index is 2.03. The van der Waals surface area contributed by atoms with E-state index in [1.54, 1.807) is 35.6 Å². The molecule has 2 amide bonds. The number of amides is 2. The van der Waals surface area contributed by atoms with Crippen molar-refractivity contribution in [2.75, 3.05) is 11.6 Å². The summed E-state index contributed by atoms with van der Waals surface area (Å²) >= 11 is 0. The maximum atomic E-state index is 12.8. The molecule has 0 fully saturated rings. The zero-order valence-electron chi connectivity index (χ0n) is 15.5. The van der Waals surface area contributed by atoms with E-state index < -0.39 is 18.0 Å². The molecule has 0 saturated carbocycles. The highest BCUT2D eigenvalue weighted by Gasteiger charge is 2.31. The van der Waals surface area contributed by atoms with Gasteiger partial charge in [0, 0.05) is 4.91 Å². The van der Waals surface area contributed by atoms with Crippen LogP contribution in [0.4, 0.5) is 10.5 Å². The number of nitrogens with zero attached hydrogens (tertiary/aromatic N) is 1. The molecule has 0 aliphatic rings. The van der Waals surface area contributed by atoms with E-state index >= 15 is 0 Å². The maximum Gasteiger partial charge on any atom is 0.408 e. The van der Waals surface area contributed by atoms with Crippen LogP contribution in [0.1, 0.15) is 24.8 Å². The number of hydrazine groups is 1. The van der Waals surface area contributed by atoms with Crippen LogP contribution in [-0.4, -0.2) is 24.6 Å². The second-order valence-electron chi connectivity index (χ2n) is 6.14. The van der Waals surface area contributed by atoms with Gasteiger partial charge in [-0.3, -0.25) is 4.79 Å². The lowest BCUT2D eigenvalue weighted by Crippen LogP contribution is -2.82. The molecule has 0 bridgehead atoms. The minimum absolute atomic E-state index is 0.0819. The number of unbranched alkanes of at least 4 members (excludes halogenated alkanes) is 1. The third kappa shape index (κ3) is 6.48. The van der Waals surface area contributed by atoms with Crippen LogP contribution in [0.5, 0.6) is 0 Å². The fourth-order valence-corrected chi connectivity index (χ4v) is 2.62. The summed E-state index contributed by atoms with van der Waals surface area (Å²) < 4.78 is 5.19. The van der Waals surface area contributed by atoms with E-state index in [4.69, 9.17) is 10.5 Å². The van der Waals surface area contributed by atoms with Gasteiger partial charge in [0.1, 0.15) is 23.6 Å². The first-order valence-electron chi connectivity index (χ1n) is 9.09. The van der Waals surface area contributed by atoms with E-state index in [0.29, 0.717) is 31.5 Å². The molecule has 8 heteroatoms. The average Bonchev–Trinajstić information content (AvgIpc) is 2.73. The Hall–Kier alpha value is -3.26. The third-order valence-electron chi connectivity index (χ3n) is 4.08. The zero-order chi connectivity index (χ0) is 20.2. The van der Waals surface area contributed by atoms with E-state index in [1.807, 2.05) is 30.3 Å². The topological polar surface area (TPSA) is 116 Å². The van der Waals surface area contributed by atoms with Gasteiger partial charge in [0.15, 0.2) is 0 Å². The van der Waals surface area contributed by atoms with Crippen molar-refractivity contribution in [1.29, 1.82) is 0 Å². The predicted octanol–water partition coefficient (Wildman–Crippen LogP) is 1.21. The molecule has 0 aliphatic heterocycles. The smallest absolute Gasteiger partial charge is 0.408 e. The van der Waals surface area contributed by atoms with Crippen molar-refractivity contribution in [3.63, 3.8) is 0 Å². The molecule has 1 atom stereocenters. The Morgan fingerprint density at radius 3 is 2.29 bits per heavy atom. The van der Waals surface area contributed by atoms with E-state index in [9.17, 15) is 14.5 Å². The van der Waals surface area contributed by atoms with Crippen LogP contribution in [-0.2, 0) is 16.1 Å². The van der Waals surface area contributed by atoms with Crippen LogP contribution in [0, 0.1) is 4.91 Å². The van der Waals surface area contributed by atoms with Gasteiger partial charge in [0.25, 0.3) is 0 Å². The van der Waals surface area contributed by atoms with Gasteiger partial charge in [-0.15, -0.1) is 0 Å². The monoisotopic (exact) mass is 385 g/mol. The van der Waals surface area contributed by atoms with Gasteiger partial charge in [-0.05, 0) is 48.5 Å². The summed E-state index contributed by atoms with van der Waals surface area (Å²) in [6, 6.07) is 16.7. The first-order chi connectivity index (χ1) is 13.7. The van der Waals surface area contributed by atoms with Crippen LogP contribution >= 0.6 is 0 Å². The number of anilines is 1. The van der Waals surface area contributed by atoms with E-state index in [2.05, 4.69) is 5.32 Å². The minimum atomic E-state index is -0.920. The van der Waals surface area contributed by atoms with Gasteiger partial charge in [-0.25, -0.2) is 4.79 Å². The number of benzene rings is 2. The lowest BCUT2D eigenvalue weighted by molar-refractivity contribution is -0.484. The van der Waals surface area contributed by atoms with Crippen molar-refractivity contribution in [2.45, 2.75) is 31.9 Å². The van der Waals surface area contributed by atoms with Crippen molar-refractivity contribution in [1.82, 2.24) is 5.32 Å². The highest BCUT2D eigenvalue weighted by molar-refractivity contribution is 5.96. The molecule has 0 aromatic heterocycles. The van der Waals surface area contributed by atoms with Gasteiger partial charge in [0.05, 0.1) is 0 Å². The molecule has 0 aliphatic carbocycles. The van der Waals surface area contributed by atoms with Gasteiger partial charge in [0.2, 0.25) is 0 Å². The summed E-state index contributed by atoms with van der Waals surface area (Å²) in [6.07, 6.45) is 0.920. The Morgan fingerprint density at radius 2 is 1.68 bits per heavy atom. The molecule has 0 spiro atoms. The SMILES string of the molecule is NCCCC[C@H](NC(=O)OCc1ccccc1)C(=O)N([NH+]=O)c1ccccc1. The average molecular weight is 385 g/mol. The van der Waals surface area contributed by atoms with E-state index in [1.165, 1.54) is 0 Å². The molecule has 148 valence electrons. The Kier molecular flexibility index (Phi) is 8.61. The minimum Gasteiger partial charge on any atom is -0.445 e. The summed E-state index contributed by atoms with van der Waals surface area (Å²) in [6.45, 7) is 0.556. The Bertz CT molecular complexity index is 755. The summed E-state index contributed by atoms with van der Waals surface area (Å²) in [4.78, 5) is 36.4. The Labute approximate surface area is 163 Å². The number of nitrogens with two attached hydrogens (primary N) is 1. The van der Waals surface area contributed by atoms with E-state index in [-0.39, 0.29) is 6.61 Å². The highest BCUT2D eigenvalue weighted by atomic mass is 16.5. The summed E-state index contributed by atoms with van der Waals surface area (Å²) in [5.74, 6) is -0.574. The molecule has 0 saturated heterocycles. The lowest BCUT2D eigenvalue weighted by Gasteiger charge is -2.19. The number of alkyl carbamates (subject to hydrolysis) is 1. The molecule has 0 heterocycles. The highest BCUT2D eigenvalue weighted by Crippen LogP contribution is 2.12. The number of nitroso groups, excluding NO2 is 1. The van der Waals surface area contributed by atoms with Crippen LogP contribution in [0.15, 0.2) is 60.7 Å². The van der Waals surface area contributed by atoms with Crippen molar-refractivity contribution in [3.8, 4) is 0 Å². The molecular weight excluding hydrogens is 360 g/mol. The molecular formula is C20H25N4O4+. The van der Waals surface area contributed by atoms with Crippen molar-refractivity contribution in [2.24, 2.45) is 5.73 Å². The quantitative estimate of drug-likeness (QED) is 0.420. The molecule has 2 aromatic rings. The van der Waals surface area contributed by atoms with Crippen molar-refractivity contribution >= 4 is 17.7 Å². The Morgan fingerprint density at radius 1 is 1.04 bits per heavy atom. The summed E-state index contributed by atoms with van der Waals surface area (Å²) in [7, 11) is 0. The van der Waals surface area contributed by atoms with Gasteiger partial charge in [-0.2, -0.15) is 0 Å². The molecule has 4 N–H and O–H groups in total. The predicted molar refractivity (Wildman–Crippen MR) is 105 cm³/mol. The van der Waals surface area contributed by atoms with Gasteiger partial charge < -0.3 is 15.8 Å². The van der Waals surface area contributed by atoms with E-state index in [0.717, 1.165) is 10.6 Å². The van der Waals surface area contributed by atoms with Crippen LogP contribution in [0.25, 0.3) is 0 Å². The molecule has 28 heavy (non-hydrogen) atoms. The molecule has 2 rings (SSSR count). The summed E-state index contributed by atoms with van der Waals surface area (Å²) in [5, 5.41) is 5.06. The normalized spacial score (nSPS) is 11.3. The molecule has 0 unspecified atom stereocenters. The standard InChI is InChI=1S/C20H24N4O4/c21-14-8-7-13-18(19(25)24(23-27)17-11-5-2-6-12-17)22-20(26)28-15-16-9-3-1-4-10-16/h1-6,9-12,18H,7-8,13-15,21H2,(H,22,26)/p+1/t18-/m0/s1. The molecule has 0 radical (unpaired) electrons. The second-order valence-corrected chi connectivity index (χ2v) is 6.14. The number of hydrogen-bond donors (Lipinski definition) is 3. The number of carbonyl (C=O) groups is 2. The van der Waals surface area contributed by atoms with Gasteiger partial charge in [-0.1, -0.05) is 48.5 Å². The van der Waals surface area contributed by atoms with Gasteiger partial charge >= 0.3 is 12.0 Å². The summed E-state index contributed by atoms with van der Waals surface area (Å²) in [5.41, 5.74) is 6.72. The van der Waals surface area contributed by atoms with Crippen LogP contribution < -0.4 is 21.3 Å². The number of rotatable bonds is 10.